The predicted octanol–water partition coefficient (Wildman–Crippen LogP) is -0.268. The number of hydrogen-bond acceptors (Lipinski definition) is 4. The van der Waals surface area contributed by atoms with E-state index in [-0.39, 0.29) is 13.0 Å². The molecule has 0 radical (unpaired) electrons. The summed E-state index contributed by atoms with van der Waals surface area (Å²) in [7, 11) is 0. The second-order valence-corrected chi connectivity index (χ2v) is 2.52. The van der Waals surface area contributed by atoms with E-state index in [1.54, 1.807) is 0 Å². The van der Waals surface area contributed by atoms with Gasteiger partial charge in [0.2, 0.25) is 0 Å². The highest BCUT2D eigenvalue weighted by molar-refractivity contribution is 6.12. The van der Waals surface area contributed by atoms with Crippen molar-refractivity contribution in [3.8, 4) is 0 Å². The lowest BCUT2D eigenvalue weighted by Crippen LogP contribution is -2.23. The van der Waals surface area contributed by atoms with E-state index in [4.69, 9.17) is 5.11 Å². The quantitative estimate of drug-likeness (QED) is 0.442. The summed E-state index contributed by atoms with van der Waals surface area (Å²) >= 11 is 0. The van der Waals surface area contributed by atoms with Crippen molar-refractivity contribution in [2.75, 3.05) is 6.61 Å². The van der Waals surface area contributed by atoms with Crippen molar-refractivity contribution < 1.29 is 19.5 Å². The highest BCUT2D eigenvalue weighted by Gasteiger charge is 2.21. The molecule has 0 aromatic carbocycles. The smallest absolute Gasteiger partial charge is 0.150 e. The summed E-state index contributed by atoms with van der Waals surface area (Å²) in [5.74, 6) is -1.98. The molecule has 0 amide bonds. The topological polar surface area (TPSA) is 71.4 Å². The van der Waals surface area contributed by atoms with Gasteiger partial charge in [-0.2, -0.15) is 0 Å². The van der Waals surface area contributed by atoms with Crippen molar-refractivity contribution in [1.82, 2.24) is 0 Å². The molecular weight excluding hydrogens is 160 g/mol. The number of hydrogen-bond donors (Lipinski definition) is 1. The molecule has 0 rings (SSSR count). The number of aliphatic hydroxyl groups is 1. The SMILES string of the molecule is CC(=O)C(C=O)C(=O)CCCO. The first-order valence-corrected chi connectivity index (χ1v) is 3.72. The van der Waals surface area contributed by atoms with E-state index in [0.29, 0.717) is 12.7 Å². The maximum atomic E-state index is 11.0. The maximum absolute atomic E-state index is 11.0. The fraction of sp³-hybridized carbons (Fsp3) is 0.625. The van der Waals surface area contributed by atoms with Crippen LogP contribution in [0.4, 0.5) is 0 Å². The second-order valence-electron chi connectivity index (χ2n) is 2.52. The first kappa shape index (κ1) is 11.0. The lowest BCUT2D eigenvalue weighted by Gasteiger charge is -2.03. The average Bonchev–Trinajstić information content (AvgIpc) is 2.01. The highest BCUT2D eigenvalue weighted by Crippen LogP contribution is 2.02. The van der Waals surface area contributed by atoms with Crippen LogP contribution in [0, 0.1) is 5.92 Å². The van der Waals surface area contributed by atoms with Gasteiger partial charge in [0.15, 0.2) is 5.78 Å². The van der Waals surface area contributed by atoms with Gasteiger partial charge in [-0.3, -0.25) is 9.59 Å². The largest absolute Gasteiger partial charge is 0.396 e. The predicted molar refractivity (Wildman–Crippen MR) is 41.6 cm³/mol. The average molecular weight is 172 g/mol. The molecule has 0 aliphatic heterocycles. The molecule has 0 fully saturated rings. The van der Waals surface area contributed by atoms with Crippen LogP contribution in [0.25, 0.3) is 0 Å². The maximum Gasteiger partial charge on any atom is 0.150 e. The first-order valence-electron chi connectivity index (χ1n) is 3.72. The van der Waals surface area contributed by atoms with Crippen LogP contribution in [0.2, 0.25) is 0 Å². The van der Waals surface area contributed by atoms with Gasteiger partial charge in [0.1, 0.15) is 18.0 Å². The Morgan fingerprint density at radius 2 is 2.08 bits per heavy atom. The summed E-state index contributed by atoms with van der Waals surface area (Å²) in [6, 6.07) is 0. The van der Waals surface area contributed by atoms with E-state index in [0.717, 1.165) is 0 Å². The number of rotatable bonds is 6. The van der Waals surface area contributed by atoms with Gasteiger partial charge < -0.3 is 9.90 Å². The van der Waals surface area contributed by atoms with Crippen LogP contribution in [-0.2, 0) is 14.4 Å². The molecule has 12 heavy (non-hydrogen) atoms. The summed E-state index contributed by atoms with van der Waals surface area (Å²) in [6.45, 7) is 1.10. The Bertz CT molecular complexity index is 185. The molecule has 0 aromatic heterocycles. The molecule has 0 aliphatic carbocycles. The Morgan fingerprint density at radius 1 is 1.50 bits per heavy atom. The number of aldehydes is 1. The van der Waals surface area contributed by atoms with E-state index < -0.39 is 17.5 Å². The Balaban J connectivity index is 4.03. The van der Waals surface area contributed by atoms with E-state index in [1.165, 1.54) is 6.92 Å². The lowest BCUT2D eigenvalue weighted by atomic mass is 9.98. The van der Waals surface area contributed by atoms with Gasteiger partial charge in [0.25, 0.3) is 0 Å². The van der Waals surface area contributed by atoms with Crippen LogP contribution >= 0.6 is 0 Å². The van der Waals surface area contributed by atoms with Gasteiger partial charge in [-0.25, -0.2) is 0 Å². The summed E-state index contributed by atoms with van der Waals surface area (Å²) < 4.78 is 0. The van der Waals surface area contributed by atoms with Crippen molar-refractivity contribution in [1.29, 1.82) is 0 Å². The molecule has 0 saturated carbocycles. The Kier molecular flexibility index (Phi) is 5.12. The third-order valence-corrected chi connectivity index (χ3v) is 1.50. The minimum atomic E-state index is -1.13. The van der Waals surface area contributed by atoms with E-state index >= 15 is 0 Å². The number of aliphatic hydroxyl groups excluding tert-OH is 1. The van der Waals surface area contributed by atoms with Crippen LogP contribution in [0.5, 0.6) is 0 Å². The van der Waals surface area contributed by atoms with Crippen molar-refractivity contribution in [2.24, 2.45) is 5.92 Å². The van der Waals surface area contributed by atoms with Gasteiger partial charge in [-0.15, -0.1) is 0 Å². The van der Waals surface area contributed by atoms with Crippen LogP contribution in [-0.4, -0.2) is 29.6 Å². The van der Waals surface area contributed by atoms with Crippen molar-refractivity contribution in [3.05, 3.63) is 0 Å². The van der Waals surface area contributed by atoms with Gasteiger partial charge in [0.05, 0.1) is 0 Å². The third-order valence-electron chi connectivity index (χ3n) is 1.50. The lowest BCUT2D eigenvalue weighted by molar-refractivity contribution is -0.135. The molecule has 0 aromatic rings. The summed E-state index contributed by atoms with van der Waals surface area (Å²) in [5, 5.41) is 8.38. The number of carbonyl (C=O) groups excluding carboxylic acids is 3. The molecule has 0 saturated heterocycles. The molecule has 0 heterocycles. The fourth-order valence-electron chi connectivity index (χ4n) is 0.807. The molecule has 4 heteroatoms. The zero-order valence-electron chi connectivity index (χ0n) is 6.95. The van der Waals surface area contributed by atoms with Crippen LogP contribution in [0.1, 0.15) is 19.8 Å². The Morgan fingerprint density at radius 3 is 2.42 bits per heavy atom. The minimum Gasteiger partial charge on any atom is -0.396 e. The monoisotopic (exact) mass is 172 g/mol. The number of carbonyl (C=O) groups is 3. The summed E-state index contributed by atoms with van der Waals surface area (Å²) in [4.78, 5) is 31.9. The zero-order valence-corrected chi connectivity index (χ0v) is 6.95. The standard InChI is InChI=1S/C8H12O4/c1-6(11)7(5-10)8(12)3-2-4-9/h5,7,9H,2-4H2,1H3. The van der Waals surface area contributed by atoms with Gasteiger partial charge in [0, 0.05) is 13.0 Å². The minimum absolute atomic E-state index is 0.0828. The Labute approximate surface area is 70.6 Å². The molecule has 1 atom stereocenters. The van der Waals surface area contributed by atoms with Crippen LogP contribution in [0.3, 0.4) is 0 Å². The van der Waals surface area contributed by atoms with E-state index in [9.17, 15) is 14.4 Å². The molecule has 1 N–H and O–H groups in total. The summed E-state index contributed by atoms with van der Waals surface area (Å²) in [6.07, 6.45) is 0.734. The fourth-order valence-corrected chi connectivity index (χ4v) is 0.807. The van der Waals surface area contributed by atoms with Gasteiger partial charge in [-0.1, -0.05) is 0 Å². The molecule has 4 nitrogen and oxygen atoms in total. The highest BCUT2D eigenvalue weighted by atomic mass is 16.3. The third kappa shape index (κ3) is 3.39. The number of ketones is 2. The van der Waals surface area contributed by atoms with Crippen molar-refractivity contribution in [3.63, 3.8) is 0 Å². The Hall–Kier alpha value is -1.03. The normalized spacial score (nSPS) is 12.2. The van der Waals surface area contributed by atoms with Crippen LogP contribution < -0.4 is 0 Å². The van der Waals surface area contributed by atoms with Crippen LogP contribution in [0.15, 0.2) is 0 Å². The van der Waals surface area contributed by atoms with E-state index in [2.05, 4.69) is 0 Å². The van der Waals surface area contributed by atoms with Crippen molar-refractivity contribution >= 4 is 17.9 Å². The van der Waals surface area contributed by atoms with Gasteiger partial charge in [-0.05, 0) is 13.3 Å². The number of Topliss-reactive ketones (excluding diaryl/α,β-unsaturated/α-hetero) is 2. The molecule has 0 bridgehead atoms. The first-order chi connectivity index (χ1) is 5.63. The zero-order chi connectivity index (χ0) is 9.56. The molecule has 0 aliphatic rings. The van der Waals surface area contributed by atoms with Crippen molar-refractivity contribution in [2.45, 2.75) is 19.8 Å². The summed E-state index contributed by atoms with van der Waals surface area (Å²) in [5.41, 5.74) is 0. The molecule has 0 spiro atoms. The van der Waals surface area contributed by atoms with Gasteiger partial charge >= 0.3 is 0 Å². The molecule has 1 unspecified atom stereocenters. The molecule has 68 valence electrons. The molecular formula is C8H12O4. The second kappa shape index (κ2) is 5.60. The van der Waals surface area contributed by atoms with E-state index in [1.807, 2.05) is 0 Å².